The van der Waals surface area contributed by atoms with E-state index in [1.165, 1.54) is 5.56 Å². The molecule has 5 rings (SSSR count). The Balaban J connectivity index is 1.46. The molecule has 0 bridgehead atoms. The number of thiophene rings is 1. The number of esters is 1. The molecule has 0 saturated heterocycles. The average Bonchev–Trinajstić information content (AvgIpc) is 3.47. The zero-order valence-electron chi connectivity index (χ0n) is 18.2. The number of anilines is 1. The van der Waals surface area contributed by atoms with Crippen LogP contribution in [0, 0.1) is 6.92 Å². The van der Waals surface area contributed by atoms with Gasteiger partial charge in [0.1, 0.15) is 22.9 Å². The number of imidazole rings is 1. The van der Waals surface area contributed by atoms with Crippen LogP contribution in [0.15, 0.2) is 90.4 Å². The minimum atomic E-state index is -0.275. The van der Waals surface area contributed by atoms with Crippen LogP contribution in [0.5, 0.6) is 5.75 Å². The maximum Gasteiger partial charge on any atom is 0.316 e. The second kappa shape index (κ2) is 9.30. The van der Waals surface area contributed by atoms with Gasteiger partial charge in [-0.3, -0.25) is 9.20 Å². The van der Waals surface area contributed by atoms with Crippen LogP contribution in [0.2, 0.25) is 0 Å². The number of rotatable bonds is 7. The van der Waals surface area contributed by atoms with Crippen LogP contribution in [-0.2, 0) is 17.8 Å². The number of ether oxygens (including phenoxy) is 1. The van der Waals surface area contributed by atoms with Crippen molar-refractivity contribution in [2.45, 2.75) is 19.9 Å². The van der Waals surface area contributed by atoms with Gasteiger partial charge >= 0.3 is 5.97 Å². The summed E-state index contributed by atoms with van der Waals surface area (Å²) >= 11 is 1.55. The molecule has 0 aliphatic carbocycles. The highest BCUT2D eigenvalue weighted by Gasteiger charge is 2.16. The number of carbonyl (C=O) groups is 1. The lowest BCUT2D eigenvalue weighted by atomic mass is 10.1. The van der Waals surface area contributed by atoms with Gasteiger partial charge in [-0.05, 0) is 47.7 Å². The predicted octanol–water partition coefficient (Wildman–Crippen LogP) is 6.13. The van der Waals surface area contributed by atoms with Gasteiger partial charge < -0.3 is 10.1 Å². The minimum Gasteiger partial charge on any atom is -0.426 e. The monoisotopic (exact) mass is 453 g/mol. The molecule has 164 valence electrons. The number of hydrogen-bond acceptors (Lipinski definition) is 5. The summed E-state index contributed by atoms with van der Waals surface area (Å²) in [5.41, 5.74) is 4.86. The summed E-state index contributed by atoms with van der Waals surface area (Å²) in [6, 6.07) is 25.7. The first kappa shape index (κ1) is 21.0. The van der Waals surface area contributed by atoms with Crippen LogP contribution >= 0.6 is 11.3 Å². The number of benzene rings is 2. The topological polar surface area (TPSA) is 55.6 Å². The summed E-state index contributed by atoms with van der Waals surface area (Å²) in [6.07, 6.45) is 2.27. The molecule has 0 amide bonds. The van der Waals surface area contributed by atoms with Gasteiger partial charge in [-0.25, -0.2) is 4.98 Å². The lowest BCUT2D eigenvalue weighted by Crippen LogP contribution is -2.10. The molecule has 0 saturated carbocycles. The molecule has 1 N–H and O–H groups in total. The molecule has 0 radical (unpaired) electrons. The fourth-order valence-corrected chi connectivity index (χ4v) is 4.48. The Kier molecular flexibility index (Phi) is 5.91. The number of hydrogen-bond donors (Lipinski definition) is 1. The SMILES string of the molecule is Cc1cccn2c(NCc3ccccc3)c(-c3cccc(OC(=O)Cc4cccs4)c3)nc12. The first-order valence-corrected chi connectivity index (χ1v) is 11.6. The van der Waals surface area contributed by atoms with Crippen molar-refractivity contribution in [3.8, 4) is 17.0 Å². The fourth-order valence-electron chi connectivity index (χ4n) is 3.79. The maximum atomic E-state index is 12.4. The van der Waals surface area contributed by atoms with Crippen molar-refractivity contribution in [1.82, 2.24) is 9.38 Å². The van der Waals surface area contributed by atoms with E-state index in [1.54, 1.807) is 17.4 Å². The fraction of sp³-hybridized carbons (Fsp3) is 0.111. The van der Waals surface area contributed by atoms with Crippen molar-refractivity contribution in [3.63, 3.8) is 0 Å². The Morgan fingerprint density at radius 3 is 2.73 bits per heavy atom. The summed E-state index contributed by atoms with van der Waals surface area (Å²) in [6.45, 7) is 2.72. The summed E-state index contributed by atoms with van der Waals surface area (Å²) in [5, 5.41) is 5.52. The quantitative estimate of drug-likeness (QED) is 0.238. The third-order valence-electron chi connectivity index (χ3n) is 5.39. The van der Waals surface area contributed by atoms with E-state index in [9.17, 15) is 4.79 Å². The summed E-state index contributed by atoms with van der Waals surface area (Å²) in [5.74, 6) is 1.14. The van der Waals surface area contributed by atoms with Gasteiger partial charge in [0.25, 0.3) is 0 Å². The second-order valence-corrected chi connectivity index (χ2v) is 8.82. The molecule has 0 aliphatic heterocycles. The molecule has 0 atom stereocenters. The molecule has 3 aromatic heterocycles. The van der Waals surface area contributed by atoms with Crippen molar-refractivity contribution in [2.24, 2.45) is 0 Å². The van der Waals surface area contributed by atoms with Crippen molar-refractivity contribution < 1.29 is 9.53 Å². The highest BCUT2D eigenvalue weighted by Crippen LogP contribution is 2.32. The van der Waals surface area contributed by atoms with E-state index in [0.29, 0.717) is 12.3 Å². The van der Waals surface area contributed by atoms with Gasteiger partial charge in [0.15, 0.2) is 0 Å². The van der Waals surface area contributed by atoms with Crippen LogP contribution in [-0.4, -0.2) is 15.4 Å². The first-order chi connectivity index (χ1) is 16.2. The molecule has 0 aliphatic rings. The Labute approximate surface area is 196 Å². The van der Waals surface area contributed by atoms with E-state index >= 15 is 0 Å². The Morgan fingerprint density at radius 1 is 1.03 bits per heavy atom. The third-order valence-corrected chi connectivity index (χ3v) is 6.26. The zero-order chi connectivity index (χ0) is 22.6. The number of aromatic nitrogens is 2. The van der Waals surface area contributed by atoms with Gasteiger partial charge in [-0.1, -0.05) is 54.6 Å². The van der Waals surface area contributed by atoms with E-state index in [4.69, 9.17) is 9.72 Å². The van der Waals surface area contributed by atoms with Gasteiger partial charge in [-0.2, -0.15) is 0 Å². The summed E-state index contributed by atoms with van der Waals surface area (Å²) in [4.78, 5) is 18.3. The lowest BCUT2D eigenvalue weighted by molar-refractivity contribution is -0.133. The van der Waals surface area contributed by atoms with Crippen LogP contribution in [0.25, 0.3) is 16.9 Å². The average molecular weight is 454 g/mol. The van der Waals surface area contributed by atoms with E-state index < -0.39 is 0 Å². The summed E-state index contributed by atoms with van der Waals surface area (Å²) < 4.78 is 7.70. The molecule has 0 fully saturated rings. The molecule has 33 heavy (non-hydrogen) atoms. The molecule has 3 heterocycles. The smallest absolute Gasteiger partial charge is 0.316 e. The first-order valence-electron chi connectivity index (χ1n) is 10.8. The standard InChI is InChI=1S/C27H23N3O2S/c1-19-8-6-14-30-26(19)29-25(27(30)28-18-20-9-3-2-4-10-20)21-11-5-12-22(16-21)32-24(31)17-23-13-7-15-33-23/h2-16,28H,17-18H2,1H3. The van der Waals surface area contributed by atoms with Gasteiger partial charge in [0.2, 0.25) is 0 Å². The maximum absolute atomic E-state index is 12.4. The van der Waals surface area contributed by atoms with Crippen LogP contribution < -0.4 is 10.1 Å². The lowest BCUT2D eigenvalue weighted by Gasteiger charge is -2.10. The van der Waals surface area contributed by atoms with Crippen LogP contribution in [0.1, 0.15) is 16.0 Å². The number of nitrogens with one attached hydrogen (secondary N) is 1. The van der Waals surface area contributed by atoms with Crippen LogP contribution in [0.3, 0.4) is 0 Å². The highest BCUT2D eigenvalue weighted by molar-refractivity contribution is 7.10. The van der Waals surface area contributed by atoms with Gasteiger partial charge in [-0.15, -0.1) is 11.3 Å². The normalized spacial score (nSPS) is 10.9. The van der Waals surface area contributed by atoms with Crippen molar-refractivity contribution in [2.75, 3.05) is 5.32 Å². The largest absolute Gasteiger partial charge is 0.426 e. The third kappa shape index (κ3) is 4.66. The van der Waals surface area contributed by atoms with E-state index in [0.717, 1.165) is 33.2 Å². The molecule has 5 nitrogen and oxygen atoms in total. The molecular weight excluding hydrogens is 430 g/mol. The Bertz CT molecular complexity index is 1390. The van der Waals surface area contributed by atoms with Gasteiger partial charge in [0.05, 0.1) is 6.42 Å². The van der Waals surface area contributed by atoms with Crippen molar-refractivity contribution >= 4 is 28.8 Å². The van der Waals surface area contributed by atoms with Crippen molar-refractivity contribution in [1.29, 1.82) is 0 Å². The van der Waals surface area contributed by atoms with Crippen LogP contribution in [0.4, 0.5) is 5.82 Å². The number of nitrogens with zero attached hydrogens (tertiary/aromatic N) is 2. The van der Waals surface area contributed by atoms with Crippen molar-refractivity contribution in [3.05, 3.63) is 106 Å². The molecule has 5 aromatic rings. The molecule has 6 heteroatoms. The van der Waals surface area contributed by atoms with Gasteiger partial charge in [0, 0.05) is 23.2 Å². The minimum absolute atomic E-state index is 0.263. The summed E-state index contributed by atoms with van der Waals surface area (Å²) in [7, 11) is 0. The Hall–Kier alpha value is -3.90. The number of carbonyl (C=O) groups excluding carboxylic acids is 1. The van der Waals surface area contributed by atoms with E-state index in [1.807, 2.05) is 66.2 Å². The predicted molar refractivity (Wildman–Crippen MR) is 133 cm³/mol. The van der Waals surface area contributed by atoms with E-state index in [2.05, 4.69) is 34.8 Å². The number of fused-ring (bicyclic) bond motifs is 1. The molecular formula is C27H23N3O2S. The molecule has 2 aromatic carbocycles. The number of pyridine rings is 1. The molecule has 0 unspecified atom stereocenters. The molecule has 0 spiro atoms. The second-order valence-electron chi connectivity index (χ2n) is 7.79. The highest BCUT2D eigenvalue weighted by atomic mass is 32.1. The number of aryl methyl sites for hydroxylation is 1. The van der Waals surface area contributed by atoms with E-state index in [-0.39, 0.29) is 12.4 Å². The zero-order valence-corrected chi connectivity index (χ0v) is 19.0. The Morgan fingerprint density at radius 2 is 1.91 bits per heavy atom.